The molecule has 0 saturated heterocycles. The number of carboxylic acids is 1. The number of aliphatic hydroxyl groups is 1. The highest BCUT2D eigenvalue weighted by Gasteiger charge is 2.34. The summed E-state index contributed by atoms with van der Waals surface area (Å²) in [5.41, 5.74) is -3.25. The molecule has 4 N–H and O–H groups in total. The van der Waals surface area contributed by atoms with Gasteiger partial charge in [0.05, 0.1) is 34.2 Å². The lowest BCUT2D eigenvalue weighted by atomic mass is 10.1. The Labute approximate surface area is 187 Å². The van der Waals surface area contributed by atoms with Gasteiger partial charge in [0.1, 0.15) is 5.56 Å². The highest BCUT2D eigenvalue weighted by Crippen LogP contribution is 2.36. The number of aliphatic hydroxyl groups excluding tert-OH is 1. The van der Waals surface area contributed by atoms with Gasteiger partial charge in [0.2, 0.25) is 6.35 Å². The van der Waals surface area contributed by atoms with E-state index in [0.717, 1.165) is 22.9 Å². The Morgan fingerprint density at radius 2 is 1.82 bits per heavy atom. The van der Waals surface area contributed by atoms with E-state index in [1.807, 2.05) is 0 Å². The molecule has 0 radical (unpaired) electrons. The van der Waals surface area contributed by atoms with Crippen LogP contribution in [0, 0.1) is 0 Å². The molecule has 33 heavy (non-hydrogen) atoms. The highest BCUT2D eigenvalue weighted by atomic mass is 35.5. The lowest BCUT2D eigenvalue weighted by Crippen LogP contribution is -2.42. The van der Waals surface area contributed by atoms with Gasteiger partial charge in [-0.1, -0.05) is 23.7 Å². The van der Waals surface area contributed by atoms with E-state index in [1.54, 1.807) is 0 Å². The minimum atomic E-state index is -4.77. The molecular weight excluding hydrogens is 469 g/mol. The summed E-state index contributed by atoms with van der Waals surface area (Å²) in [5, 5.41) is 23.8. The summed E-state index contributed by atoms with van der Waals surface area (Å²) in [7, 11) is 0. The van der Waals surface area contributed by atoms with E-state index in [4.69, 9.17) is 11.6 Å². The van der Waals surface area contributed by atoms with Crippen molar-refractivity contribution >= 4 is 28.9 Å². The zero-order chi connectivity index (χ0) is 24.1. The summed E-state index contributed by atoms with van der Waals surface area (Å²) < 4.78 is 41.0. The summed E-state index contributed by atoms with van der Waals surface area (Å²) >= 11 is 5.89. The van der Waals surface area contributed by atoms with Gasteiger partial charge < -0.3 is 20.8 Å². The van der Waals surface area contributed by atoms with Crippen molar-refractivity contribution in [2.24, 2.45) is 0 Å². The number of nitrogens with one attached hydrogen (secondary N) is 2. The number of anilines is 2. The molecule has 13 heteroatoms. The minimum Gasteiger partial charge on any atom is -0.477 e. The van der Waals surface area contributed by atoms with Gasteiger partial charge in [-0.25, -0.2) is 9.59 Å². The van der Waals surface area contributed by atoms with Crippen LogP contribution in [0.2, 0.25) is 5.02 Å². The first-order valence-corrected chi connectivity index (χ1v) is 9.65. The Bertz CT molecular complexity index is 1400. The van der Waals surface area contributed by atoms with Crippen LogP contribution in [-0.4, -0.2) is 31.7 Å². The van der Waals surface area contributed by atoms with Crippen LogP contribution in [-0.2, 0) is 12.7 Å². The van der Waals surface area contributed by atoms with Crippen molar-refractivity contribution in [3.05, 3.63) is 85.1 Å². The maximum absolute atomic E-state index is 13.2. The van der Waals surface area contributed by atoms with Crippen molar-refractivity contribution in [2.45, 2.75) is 19.1 Å². The maximum Gasteiger partial charge on any atom is 0.417 e. The van der Waals surface area contributed by atoms with E-state index in [-0.39, 0.29) is 11.3 Å². The van der Waals surface area contributed by atoms with Crippen molar-refractivity contribution in [3.8, 4) is 5.69 Å². The largest absolute Gasteiger partial charge is 0.477 e. The Hall–Kier alpha value is -3.77. The first-order valence-electron chi connectivity index (χ1n) is 9.27. The Morgan fingerprint density at radius 3 is 2.48 bits per heavy atom. The molecule has 1 aliphatic rings. The Kier molecular flexibility index (Phi) is 5.42. The predicted octanol–water partition coefficient (Wildman–Crippen LogP) is 2.53. The molecule has 4 rings (SSSR count). The number of benzene rings is 2. The minimum absolute atomic E-state index is 0.147. The molecule has 0 aliphatic carbocycles. The number of hydrogen-bond acceptors (Lipinski definition) is 6. The zero-order valence-electron chi connectivity index (χ0n) is 16.4. The standard InChI is InChI=1S/C20H14ClF3N4O5/c21-15-9(2-1-3-12(15)20(22,23)24)7-28-16(29)11(17(30)31)8-27(19(28)33)10-4-5-13-14(6-10)26-18(32)25-13/h1-6,8,18,25-26,32H,7H2,(H,30,31). The lowest BCUT2D eigenvalue weighted by Gasteiger charge is -2.15. The van der Waals surface area contributed by atoms with Gasteiger partial charge in [0.15, 0.2) is 0 Å². The molecule has 0 saturated carbocycles. The second-order valence-electron chi connectivity index (χ2n) is 7.09. The van der Waals surface area contributed by atoms with Gasteiger partial charge in [-0.2, -0.15) is 13.2 Å². The van der Waals surface area contributed by atoms with Crippen molar-refractivity contribution in [1.82, 2.24) is 9.13 Å². The van der Waals surface area contributed by atoms with Crippen LogP contribution < -0.4 is 21.9 Å². The molecular formula is C20H14ClF3N4O5. The van der Waals surface area contributed by atoms with E-state index in [9.17, 15) is 37.8 Å². The summed E-state index contributed by atoms with van der Waals surface area (Å²) in [6.07, 6.45) is -5.01. The third-order valence-corrected chi connectivity index (χ3v) is 5.43. The molecule has 172 valence electrons. The van der Waals surface area contributed by atoms with Gasteiger partial charge in [-0.05, 0) is 29.8 Å². The van der Waals surface area contributed by atoms with E-state index in [2.05, 4.69) is 10.6 Å². The summed E-state index contributed by atoms with van der Waals surface area (Å²) in [6.45, 7) is -0.689. The molecule has 2 aromatic carbocycles. The van der Waals surface area contributed by atoms with Crippen LogP contribution in [0.1, 0.15) is 21.5 Å². The van der Waals surface area contributed by atoms with Gasteiger partial charge >= 0.3 is 17.8 Å². The van der Waals surface area contributed by atoms with Gasteiger partial charge in [0.25, 0.3) is 5.56 Å². The summed E-state index contributed by atoms with van der Waals surface area (Å²) in [4.78, 5) is 37.4. The summed E-state index contributed by atoms with van der Waals surface area (Å²) in [6, 6.07) is 7.40. The van der Waals surface area contributed by atoms with Gasteiger partial charge in [-0.3, -0.25) is 13.9 Å². The maximum atomic E-state index is 13.2. The topological polar surface area (TPSA) is 126 Å². The third kappa shape index (κ3) is 4.05. The molecule has 0 spiro atoms. The number of nitrogens with zero attached hydrogens (tertiary/aromatic N) is 2. The van der Waals surface area contributed by atoms with E-state index in [0.29, 0.717) is 15.9 Å². The Morgan fingerprint density at radius 1 is 1.12 bits per heavy atom. The third-order valence-electron chi connectivity index (χ3n) is 4.98. The summed E-state index contributed by atoms with van der Waals surface area (Å²) in [5.74, 6) is -1.63. The van der Waals surface area contributed by atoms with Crippen LogP contribution in [0.25, 0.3) is 5.69 Å². The fourth-order valence-corrected chi connectivity index (χ4v) is 3.72. The number of alkyl halides is 3. The number of aromatic carboxylic acids is 1. The molecule has 9 nitrogen and oxygen atoms in total. The second-order valence-corrected chi connectivity index (χ2v) is 7.47. The molecule has 3 aromatic rings. The normalized spacial score (nSPS) is 15.0. The fraction of sp³-hybridized carbons (Fsp3) is 0.150. The Balaban J connectivity index is 1.88. The van der Waals surface area contributed by atoms with Crippen LogP contribution in [0.4, 0.5) is 24.5 Å². The van der Waals surface area contributed by atoms with Crippen LogP contribution >= 0.6 is 11.6 Å². The van der Waals surface area contributed by atoms with E-state index < -0.39 is 52.4 Å². The van der Waals surface area contributed by atoms with Crippen LogP contribution in [0.3, 0.4) is 0 Å². The van der Waals surface area contributed by atoms with Crippen molar-refractivity contribution < 1.29 is 28.2 Å². The number of carbonyl (C=O) groups is 1. The lowest BCUT2D eigenvalue weighted by molar-refractivity contribution is -0.137. The average molecular weight is 483 g/mol. The number of halogens is 4. The monoisotopic (exact) mass is 482 g/mol. The highest BCUT2D eigenvalue weighted by molar-refractivity contribution is 6.32. The molecule has 0 fully saturated rings. The zero-order valence-corrected chi connectivity index (χ0v) is 17.1. The number of carboxylic acid groups (broad SMARTS) is 1. The van der Waals surface area contributed by atoms with E-state index in [1.165, 1.54) is 24.3 Å². The first kappa shape index (κ1) is 22.4. The molecule has 1 aromatic heterocycles. The molecule has 0 amide bonds. The number of rotatable bonds is 4. The first-order chi connectivity index (χ1) is 15.5. The van der Waals surface area contributed by atoms with Gasteiger partial charge in [0, 0.05) is 6.20 Å². The number of fused-ring (bicyclic) bond motifs is 1. The SMILES string of the molecule is O=C(O)c1cn(-c2ccc3c(c2)NC(O)N3)c(=O)n(Cc2cccc(C(F)(F)F)c2Cl)c1=O. The molecule has 1 unspecified atom stereocenters. The molecule has 1 aliphatic heterocycles. The van der Waals surface area contributed by atoms with Crippen molar-refractivity contribution in [2.75, 3.05) is 10.6 Å². The van der Waals surface area contributed by atoms with Crippen LogP contribution in [0.5, 0.6) is 0 Å². The predicted molar refractivity (Wildman–Crippen MR) is 112 cm³/mol. The van der Waals surface area contributed by atoms with Crippen LogP contribution in [0.15, 0.2) is 52.2 Å². The average Bonchev–Trinajstić information content (AvgIpc) is 3.10. The molecule has 2 heterocycles. The second kappa shape index (κ2) is 7.98. The number of aromatic nitrogens is 2. The van der Waals surface area contributed by atoms with E-state index >= 15 is 0 Å². The molecule has 1 atom stereocenters. The number of hydrogen-bond donors (Lipinski definition) is 4. The quantitative estimate of drug-likeness (QED) is 0.450. The smallest absolute Gasteiger partial charge is 0.417 e. The van der Waals surface area contributed by atoms with Gasteiger partial charge in [-0.15, -0.1) is 0 Å². The van der Waals surface area contributed by atoms with Crippen molar-refractivity contribution in [3.63, 3.8) is 0 Å². The fourth-order valence-electron chi connectivity index (χ4n) is 3.42. The van der Waals surface area contributed by atoms with Crippen molar-refractivity contribution in [1.29, 1.82) is 0 Å². The molecule has 0 bridgehead atoms.